The standard InChI is InChI=1S/C29H34BrN3O5/c1-15(2)21(14-34)33-25(27(36)32-20-12-16(3)10-11-17(20)4)29-13-19(30)24(38-29)22(23(29)28(33)37)26(35)31-18-8-6-5-7-9-18/h5-12,15,19,21-25,34H,13-14H2,1-4H3,(H,31,35)(H,32,36)/t19?,21-,22-,23-,24-,25?,29?/m0/s1. The third kappa shape index (κ3) is 4.25. The topological polar surface area (TPSA) is 108 Å². The number of hydrogen-bond acceptors (Lipinski definition) is 5. The summed E-state index contributed by atoms with van der Waals surface area (Å²) in [6.45, 7) is 7.37. The van der Waals surface area contributed by atoms with Crippen LogP contribution >= 0.6 is 15.9 Å². The molecule has 202 valence electrons. The van der Waals surface area contributed by atoms with Crippen LogP contribution in [0, 0.1) is 31.6 Å². The predicted octanol–water partition coefficient (Wildman–Crippen LogP) is 3.65. The molecule has 3 saturated heterocycles. The van der Waals surface area contributed by atoms with Gasteiger partial charge in [-0.1, -0.05) is 60.1 Å². The van der Waals surface area contributed by atoms with E-state index in [1.165, 1.54) is 4.90 Å². The van der Waals surface area contributed by atoms with Crippen molar-refractivity contribution < 1.29 is 24.2 Å². The van der Waals surface area contributed by atoms with Gasteiger partial charge in [0, 0.05) is 16.2 Å². The van der Waals surface area contributed by atoms with Crippen LogP contribution in [0.3, 0.4) is 0 Å². The Balaban J connectivity index is 1.56. The number of alkyl halides is 1. The molecule has 3 amide bonds. The van der Waals surface area contributed by atoms with Crippen molar-refractivity contribution in [2.24, 2.45) is 17.8 Å². The molecule has 3 N–H and O–H groups in total. The number of nitrogens with one attached hydrogen (secondary N) is 2. The number of likely N-dealkylation sites (tertiary alicyclic amines) is 1. The van der Waals surface area contributed by atoms with Crippen LogP contribution in [0.2, 0.25) is 0 Å². The van der Waals surface area contributed by atoms with Gasteiger partial charge < -0.3 is 25.4 Å². The van der Waals surface area contributed by atoms with Crippen molar-refractivity contribution in [3.63, 3.8) is 0 Å². The van der Waals surface area contributed by atoms with Crippen LogP contribution in [0.1, 0.15) is 31.4 Å². The molecule has 7 atom stereocenters. The molecule has 3 aliphatic heterocycles. The maximum absolute atomic E-state index is 14.2. The fourth-order valence-electron chi connectivity index (χ4n) is 6.46. The second-order valence-corrected chi connectivity index (χ2v) is 12.2. The molecule has 3 heterocycles. The lowest BCUT2D eigenvalue weighted by Gasteiger charge is -2.38. The van der Waals surface area contributed by atoms with Gasteiger partial charge in [-0.2, -0.15) is 0 Å². The number of carbonyl (C=O) groups excluding carboxylic acids is 3. The molecule has 0 radical (unpaired) electrons. The van der Waals surface area contributed by atoms with Gasteiger partial charge in [-0.3, -0.25) is 14.4 Å². The van der Waals surface area contributed by atoms with E-state index < -0.39 is 35.6 Å². The van der Waals surface area contributed by atoms with Gasteiger partial charge in [0.05, 0.1) is 30.6 Å². The second-order valence-electron chi connectivity index (χ2n) is 11.1. The molecular weight excluding hydrogens is 550 g/mol. The first-order valence-electron chi connectivity index (χ1n) is 13.1. The lowest BCUT2D eigenvalue weighted by atomic mass is 9.70. The van der Waals surface area contributed by atoms with Crippen LogP contribution in [-0.2, 0) is 19.1 Å². The molecule has 8 nitrogen and oxygen atoms in total. The van der Waals surface area contributed by atoms with Gasteiger partial charge >= 0.3 is 0 Å². The van der Waals surface area contributed by atoms with Crippen molar-refractivity contribution in [1.82, 2.24) is 4.90 Å². The quantitative estimate of drug-likeness (QED) is 0.431. The molecule has 2 bridgehead atoms. The number of para-hydroxylation sites is 1. The Bertz CT molecular complexity index is 1250. The Morgan fingerprint density at radius 3 is 2.50 bits per heavy atom. The lowest BCUT2D eigenvalue weighted by Crippen LogP contribution is -2.57. The number of aliphatic hydroxyl groups excluding tert-OH is 1. The van der Waals surface area contributed by atoms with Gasteiger partial charge in [-0.05, 0) is 55.5 Å². The number of amides is 3. The highest BCUT2D eigenvalue weighted by Crippen LogP contribution is 2.60. The monoisotopic (exact) mass is 583 g/mol. The number of aryl methyl sites for hydroxylation is 2. The fourth-order valence-corrected chi connectivity index (χ4v) is 7.41. The number of ether oxygens (including phenoxy) is 1. The van der Waals surface area contributed by atoms with Crippen molar-refractivity contribution in [3.05, 3.63) is 59.7 Å². The third-order valence-electron chi connectivity index (χ3n) is 8.28. The summed E-state index contributed by atoms with van der Waals surface area (Å²) >= 11 is 3.69. The molecule has 1 spiro atoms. The largest absolute Gasteiger partial charge is 0.394 e. The molecule has 3 aliphatic rings. The normalized spacial score (nSPS) is 30.4. The maximum Gasteiger partial charge on any atom is 0.250 e. The predicted molar refractivity (Wildman–Crippen MR) is 148 cm³/mol. The van der Waals surface area contributed by atoms with Crippen LogP contribution in [0.5, 0.6) is 0 Å². The van der Waals surface area contributed by atoms with E-state index in [0.29, 0.717) is 17.8 Å². The van der Waals surface area contributed by atoms with Crippen molar-refractivity contribution in [2.45, 2.75) is 62.7 Å². The average molecular weight is 585 g/mol. The molecule has 3 fully saturated rings. The fraction of sp³-hybridized carbons (Fsp3) is 0.483. The summed E-state index contributed by atoms with van der Waals surface area (Å²) in [5, 5.41) is 16.3. The van der Waals surface area contributed by atoms with Crippen LogP contribution in [0.15, 0.2) is 48.5 Å². The van der Waals surface area contributed by atoms with Gasteiger partial charge in [-0.25, -0.2) is 0 Å². The number of halogens is 1. The summed E-state index contributed by atoms with van der Waals surface area (Å²) in [5.41, 5.74) is 1.98. The van der Waals surface area contributed by atoms with Crippen LogP contribution in [0.25, 0.3) is 0 Å². The van der Waals surface area contributed by atoms with E-state index in [-0.39, 0.29) is 35.1 Å². The van der Waals surface area contributed by atoms with E-state index in [4.69, 9.17) is 4.74 Å². The highest BCUT2D eigenvalue weighted by Gasteiger charge is 2.77. The summed E-state index contributed by atoms with van der Waals surface area (Å²) in [6.07, 6.45) is -0.154. The Morgan fingerprint density at radius 1 is 1.13 bits per heavy atom. The number of aliphatic hydroxyl groups is 1. The third-order valence-corrected chi connectivity index (χ3v) is 9.13. The van der Waals surface area contributed by atoms with E-state index >= 15 is 0 Å². The molecule has 0 aromatic heterocycles. The molecule has 38 heavy (non-hydrogen) atoms. The zero-order valence-corrected chi connectivity index (χ0v) is 23.6. The van der Waals surface area contributed by atoms with Gasteiger partial charge in [0.1, 0.15) is 11.6 Å². The summed E-state index contributed by atoms with van der Waals surface area (Å²) in [7, 11) is 0. The maximum atomic E-state index is 14.2. The van der Waals surface area contributed by atoms with E-state index in [1.807, 2.05) is 64.1 Å². The molecule has 0 aliphatic carbocycles. The van der Waals surface area contributed by atoms with E-state index in [0.717, 1.165) is 11.1 Å². The molecule has 2 aromatic rings. The summed E-state index contributed by atoms with van der Waals surface area (Å²) in [6, 6.07) is 13.3. The van der Waals surface area contributed by atoms with Gasteiger partial charge in [0.2, 0.25) is 17.7 Å². The Morgan fingerprint density at radius 2 is 1.84 bits per heavy atom. The number of nitrogens with zero attached hydrogens (tertiary/aromatic N) is 1. The Hall–Kier alpha value is -2.75. The first-order valence-corrected chi connectivity index (χ1v) is 14.0. The summed E-state index contributed by atoms with van der Waals surface area (Å²) < 4.78 is 6.56. The molecule has 0 saturated carbocycles. The van der Waals surface area contributed by atoms with Crippen LogP contribution in [-0.4, -0.2) is 63.0 Å². The number of benzene rings is 2. The Kier molecular flexibility index (Phi) is 7.13. The first-order chi connectivity index (χ1) is 18.1. The minimum atomic E-state index is -1.20. The van der Waals surface area contributed by atoms with Crippen molar-refractivity contribution in [3.8, 4) is 0 Å². The first kappa shape index (κ1) is 26.8. The molecule has 2 aromatic carbocycles. The zero-order valence-electron chi connectivity index (χ0n) is 22.0. The van der Waals surface area contributed by atoms with Crippen molar-refractivity contribution in [1.29, 1.82) is 0 Å². The Labute approximate surface area is 231 Å². The van der Waals surface area contributed by atoms with E-state index in [2.05, 4.69) is 26.6 Å². The van der Waals surface area contributed by atoms with Gasteiger partial charge in [-0.15, -0.1) is 0 Å². The highest BCUT2D eigenvalue weighted by atomic mass is 79.9. The minimum Gasteiger partial charge on any atom is -0.394 e. The minimum absolute atomic E-state index is 0.122. The van der Waals surface area contributed by atoms with E-state index in [1.54, 1.807) is 12.1 Å². The number of rotatable bonds is 7. The second kappa shape index (κ2) is 10.1. The van der Waals surface area contributed by atoms with Gasteiger partial charge in [0.25, 0.3) is 0 Å². The number of anilines is 2. The van der Waals surface area contributed by atoms with Crippen LogP contribution in [0.4, 0.5) is 11.4 Å². The summed E-state index contributed by atoms with van der Waals surface area (Å²) in [5.74, 6) is -2.76. The molecule has 9 heteroatoms. The molecule has 3 unspecified atom stereocenters. The number of fused-ring (bicyclic) bond motifs is 1. The van der Waals surface area contributed by atoms with Gasteiger partial charge in [0.15, 0.2) is 0 Å². The summed E-state index contributed by atoms with van der Waals surface area (Å²) in [4.78, 5) is 43.2. The SMILES string of the molecule is Cc1ccc(C)c(NC(=O)C2N([C@@H](CO)C(C)C)C(=O)[C@@H]3[C@H](C(=O)Nc4ccccc4)[C@H]4OC23CC4Br)c1. The number of carbonyl (C=O) groups is 3. The highest BCUT2D eigenvalue weighted by molar-refractivity contribution is 9.09. The van der Waals surface area contributed by atoms with Crippen LogP contribution < -0.4 is 10.6 Å². The van der Waals surface area contributed by atoms with E-state index in [9.17, 15) is 19.5 Å². The van der Waals surface area contributed by atoms with Crippen molar-refractivity contribution >= 4 is 45.0 Å². The molecular formula is C29H34BrN3O5. The zero-order chi connectivity index (χ0) is 27.4. The smallest absolute Gasteiger partial charge is 0.250 e. The molecule has 5 rings (SSSR count). The lowest BCUT2D eigenvalue weighted by molar-refractivity contribution is -0.144. The number of hydrogen-bond donors (Lipinski definition) is 3. The average Bonchev–Trinajstić information content (AvgIpc) is 3.46. The van der Waals surface area contributed by atoms with Crippen molar-refractivity contribution in [2.75, 3.05) is 17.2 Å².